The molecular formula is C13H19N5OS. The minimum Gasteiger partial charge on any atom is -0.373 e. The zero-order valence-electron chi connectivity index (χ0n) is 11.7. The van der Waals surface area contributed by atoms with E-state index in [4.69, 9.17) is 10.6 Å². The number of nitrogens with zero attached hydrogens (tertiary/aromatic N) is 3. The summed E-state index contributed by atoms with van der Waals surface area (Å²) in [5.74, 6) is 7.05. The Balaban J connectivity index is 1.83. The third-order valence-electron chi connectivity index (χ3n) is 3.37. The molecule has 3 rings (SSSR count). The molecule has 2 atom stereocenters. The van der Waals surface area contributed by atoms with E-state index in [0.29, 0.717) is 5.82 Å². The van der Waals surface area contributed by atoms with Gasteiger partial charge in [-0.15, -0.1) is 11.3 Å². The van der Waals surface area contributed by atoms with Crippen LogP contribution in [0.15, 0.2) is 11.4 Å². The van der Waals surface area contributed by atoms with E-state index in [1.54, 1.807) is 11.3 Å². The standard InChI is InChI=1S/C13H19N5OS/c1-8-5-18(6-9(2)19-8)7-11-15-12(17-14)10-3-4-20-13(10)16-11/h3-4,8-9H,5-7,14H2,1-2H3,(H,15,16,17)/t8-,9+. The maximum Gasteiger partial charge on any atom is 0.152 e. The number of morpholine rings is 1. The van der Waals surface area contributed by atoms with Crippen molar-refractivity contribution in [3.63, 3.8) is 0 Å². The third-order valence-corrected chi connectivity index (χ3v) is 4.17. The first-order valence-corrected chi connectivity index (χ1v) is 7.62. The highest BCUT2D eigenvalue weighted by Gasteiger charge is 2.23. The summed E-state index contributed by atoms with van der Waals surface area (Å²) in [5.41, 5.74) is 2.66. The molecular weight excluding hydrogens is 274 g/mol. The van der Waals surface area contributed by atoms with E-state index in [1.165, 1.54) is 0 Å². The van der Waals surface area contributed by atoms with E-state index in [0.717, 1.165) is 35.7 Å². The second-order valence-electron chi connectivity index (χ2n) is 5.22. The minimum absolute atomic E-state index is 0.247. The van der Waals surface area contributed by atoms with Crippen LogP contribution in [0.4, 0.5) is 5.82 Å². The Kier molecular flexibility index (Phi) is 3.84. The number of anilines is 1. The Morgan fingerprint density at radius 2 is 2.15 bits per heavy atom. The SMILES string of the molecule is C[C@@H]1CN(Cc2nc(NN)c3ccsc3n2)C[C@H](C)O1. The fourth-order valence-electron chi connectivity index (χ4n) is 2.69. The fourth-order valence-corrected chi connectivity index (χ4v) is 3.48. The largest absolute Gasteiger partial charge is 0.373 e. The zero-order chi connectivity index (χ0) is 14.1. The summed E-state index contributed by atoms with van der Waals surface area (Å²) in [6.07, 6.45) is 0.493. The molecule has 7 heteroatoms. The van der Waals surface area contributed by atoms with Gasteiger partial charge >= 0.3 is 0 Å². The van der Waals surface area contributed by atoms with Gasteiger partial charge < -0.3 is 10.2 Å². The molecule has 6 nitrogen and oxygen atoms in total. The molecule has 1 aliphatic heterocycles. The van der Waals surface area contributed by atoms with Gasteiger partial charge in [-0.3, -0.25) is 4.90 Å². The number of thiophene rings is 1. The van der Waals surface area contributed by atoms with E-state index in [9.17, 15) is 0 Å². The lowest BCUT2D eigenvalue weighted by Gasteiger charge is -2.34. The zero-order valence-corrected chi connectivity index (χ0v) is 12.5. The first-order chi connectivity index (χ1) is 9.65. The molecule has 3 N–H and O–H groups in total. The molecule has 0 spiro atoms. The molecule has 0 bridgehead atoms. The van der Waals surface area contributed by atoms with Crippen molar-refractivity contribution in [1.29, 1.82) is 0 Å². The van der Waals surface area contributed by atoms with Crippen LogP contribution in [-0.4, -0.2) is 40.2 Å². The molecule has 0 radical (unpaired) electrons. The summed E-state index contributed by atoms with van der Waals surface area (Å²) in [7, 11) is 0. The van der Waals surface area contributed by atoms with Gasteiger partial charge in [0, 0.05) is 13.1 Å². The molecule has 1 saturated heterocycles. The lowest BCUT2D eigenvalue weighted by Crippen LogP contribution is -2.45. The summed E-state index contributed by atoms with van der Waals surface area (Å²) in [6, 6.07) is 1.98. The molecule has 0 saturated carbocycles. The lowest BCUT2D eigenvalue weighted by molar-refractivity contribution is -0.0710. The van der Waals surface area contributed by atoms with Crippen molar-refractivity contribution < 1.29 is 4.74 Å². The number of hydrazine groups is 1. The van der Waals surface area contributed by atoms with E-state index in [-0.39, 0.29) is 12.2 Å². The Labute approximate surface area is 121 Å². The van der Waals surface area contributed by atoms with E-state index >= 15 is 0 Å². The number of ether oxygens (including phenoxy) is 1. The van der Waals surface area contributed by atoms with Gasteiger partial charge in [0.05, 0.1) is 24.1 Å². The van der Waals surface area contributed by atoms with Crippen LogP contribution >= 0.6 is 11.3 Å². The number of nitrogens with one attached hydrogen (secondary N) is 1. The van der Waals surface area contributed by atoms with Gasteiger partial charge in [0.15, 0.2) is 5.82 Å². The Bertz CT molecular complexity index is 591. The van der Waals surface area contributed by atoms with Gasteiger partial charge in [-0.1, -0.05) is 0 Å². The molecule has 0 unspecified atom stereocenters. The van der Waals surface area contributed by atoms with Gasteiger partial charge in [-0.25, -0.2) is 15.8 Å². The van der Waals surface area contributed by atoms with Crippen molar-refractivity contribution in [2.45, 2.75) is 32.6 Å². The predicted octanol–water partition coefficient (Wildman–Crippen LogP) is 1.59. The van der Waals surface area contributed by atoms with Crippen molar-refractivity contribution in [2.75, 3.05) is 18.5 Å². The topological polar surface area (TPSA) is 76.3 Å². The van der Waals surface area contributed by atoms with Crippen LogP contribution in [-0.2, 0) is 11.3 Å². The summed E-state index contributed by atoms with van der Waals surface area (Å²) in [4.78, 5) is 12.4. The summed E-state index contributed by atoms with van der Waals surface area (Å²) < 4.78 is 5.74. The molecule has 0 aromatic carbocycles. The summed E-state index contributed by atoms with van der Waals surface area (Å²) in [6.45, 7) is 6.72. The minimum atomic E-state index is 0.247. The first-order valence-electron chi connectivity index (χ1n) is 6.74. The van der Waals surface area contributed by atoms with Crippen molar-refractivity contribution >= 4 is 27.4 Å². The number of rotatable bonds is 3. The van der Waals surface area contributed by atoms with Gasteiger partial charge in [-0.2, -0.15) is 0 Å². The second-order valence-corrected chi connectivity index (χ2v) is 6.12. The Morgan fingerprint density at radius 1 is 1.40 bits per heavy atom. The highest BCUT2D eigenvalue weighted by atomic mass is 32.1. The summed E-state index contributed by atoms with van der Waals surface area (Å²) >= 11 is 1.60. The third kappa shape index (κ3) is 2.76. The second kappa shape index (κ2) is 5.61. The van der Waals surface area contributed by atoms with Gasteiger partial charge in [0.2, 0.25) is 0 Å². The van der Waals surface area contributed by atoms with Crippen molar-refractivity contribution in [3.8, 4) is 0 Å². The fraction of sp³-hybridized carbons (Fsp3) is 0.538. The maximum atomic E-state index is 5.74. The number of hydrogen-bond donors (Lipinski definition) is 2. The molecule has 2 aromatic rings. The van der Waals surface area contributed by atoms with E-state index in [2.05, 4.69) is 34.1 Å². The average Bonchev–Trinajstić information content (AvgIpc) is 2.84. The van der Waals surface area contributed by atoms with Crippen LogP contribution < -0.4 is 11.3 Å². The van der Waals surface area contributed by atoms with Crippen molar-refractivity contribution in [3.05, 3.63) is 17.3 Å². The smallest absolute Gasteiger partial charge is 0.152 e. The van der Waals surface area contributed by atoms with Crippen LogP contribution in [0.1, 0.15) is 19.7 Å². The molecule has 20 heavy (non-hydrogen) atoms. The number of fused-ring (bicyclic) bond motifs is 1. The van der Waals surface area contributed by atoms with Crippen LogP contribution in [0.5, 0.6) is 0 Å². The van der Waals surface area contributed by atoms with E-state index in [1.807, 2.05) is 11.4 Å². The van der Waals surface area contributed by atoms with Crippen molar-refractivity contribution in [1.82, 2.24) is 14.9 Å². The van der Waals surface area contributed by atoms with Crippen LogP contribution in [0, 0.1) is 0 Å². The first kappa shape index (κ1) is 13.7. The number of nitrogen functional groups attached to an aromatic ring is 1. The Morgan fingerprint density at radius 3 is 2.85 bits per heavy atom. The maximum absolute atomic E-state index is 5.74. The molecule has 108 valence electrons. The van der Waals surface area contributed by atoms with Crippen LogP contribution in [0.2, 0.25) is 0 Å². The average molecular weight is 293 g/mol. The molecule has 1 aliphatic rings. The monoisotopic (exact) mass is 293 g/mol. The normalized spacial score (nSPS) is 24.1. The van der Waals surface area contributed by atoms with E-state index < -0.39 is 0 Å². The molecule has 0 aliphatic carbocycles. The lowest BCUT2D eigenvalue weighted by atomic mass is 10.2. The summed E-state index contributed by atoms with van der Waals surface area (Å²) in [5, 5.41) is 2.98. The predicted molar refractivity (Wildman–Crippen MR) is 80.5 cm³/mol. The number of hydrogen-bond acceptors (Lipinski definition) is 7. The van der Waals surface area contributed by atoms with Crippen LogP contribution in [0.25, 0.3) is 10.2 Å². The van der Waals surface area contributed by atoms with Gasteiger partial charge in [-0.05, 0) is 25.3 Å². The quantitative estimate of drug-likeness (QED) is 0.661. The highest BCUT2D eigenvalue weighted by molar-refractivity contribution is 7.16. The molecule has 3 heterocycles. The van der Waals surface area contributed by atoms with Gasteiger partial charge in [0.1, 0.15) is 10.7 Å². The highest BCUT2D eigenvalue weighted by Crippen LogP contribution is 2.25. The van der Waals surface area contributed by atoms with Gasteiger partial charge in [0.25, 0.3) is 0 Å². The molecule has 1 fully saturated rings. The number of aromatic nitrogens is 2. The van der Waals surface area contributed by atoms with Crippen LogP contribution in [0.3, 0.4) is 0 Å². The van der Waals surface area contributed by atoms with Crippen molar-refractivity contribution in [2.24, 2.45) is 5.84 Å². The molecule has 2 aromatic heterocycles. The number of nitrogens with two attached hydrogens (primary N) is 1. The Hall–Kier alpha value is -1.28. The molecule has 0 amide bonds.